The van der Waals surface area contributed by atoms with E-state index in [0.717, 1.165) is 38.4 Å². The van der Waals surface area contributed by atoms with E-state index in [1.54, 1.807) is 0 Å². The second-order valence-corrected chi connectivity index (χ2v) is 3.64. The molecule has 0 heterocycles. The third kappa shape index (κ3) is 8.13. The van der Waals surface area contributed by atoms with Crippen LogP contribution in [0.1, 0.15) is 34.6 Å². The van der Waals surface area contributed by atoms with Gasteiger partial charge in [0.05, 0.1) is 0 Å². The highest BCUT2D eigenvalue weighted by atomic mass is 15.2. The molecule has 0 atom stereocenters. The summed E-state index contributed by atoms with van der Waals surface area (Å²) in [6.07, 6.45) is 5.73. The molecule has 2 nitrogen and oxygen atoms in total. The molecular formula is C16H32N2. The van der Waals surface area contributed by atoms with Gasteiger partial charge in [-0.1, -0.05) is 46.9 Å². The third-order valence-corrected chi connectivity index (χ3v) is 2.83. The van der Waals surface area contributed by atoms with Crippen molar-refractivity contribution in [1.82, 2.24) is 9.80 Å². The van der Waals surface area contributed by atoms with Crippen LogP contribution in [0.2, 0.25) is 0 Å². The van der Waals surface area contributed by atoms with E-state index in [2.05, 4.69) is 43.7 Å². The predicted octanol–water partition coefficient (Wildman–Crippen LogP) is 3.93. The topological polar surface area (TPSA) is 6.48 Å². The summed E-state index contributed by atoms with van der Waals surface area (Å²) in [6, 6.07) is 0. The van der Waals surface area contributed by atoms with Gasteiger partial charge in [0.15, 0.2) is 0 Å². The molecule has 0 saturated carbocycles. The first-order valence-electron chi connectivity index (χ1n) is 7.15. The van der Waals surface area contributed by atoms with Gasteiger partial charge in [0, 0.05) is 25.3 Å². The third-order valence-electron chi connectivity index (χ3n) is 2.83. The van der Waals surface area contributed by atoms with Crippen LogP contribution in [0.3, 0.4) is 0 Å². The summed E-state index contributed by atoms with van der Waals surface area (Å²) < 4.78 is 0. The Morgan fingerprint density at radius 3 is 1.83 bits per heavy atom. The highest BCUT2D eigenvalue weighted by Gasteiger charge is 2.05. The van der Waals surface area contributed by atoms with Crippen molar-refractivity contribution in [2.45, 2.75) is 34.6 Å². The van der Waals surface area contributed by atoms with Gasteiger partial charge < -0.3 is 9.80 Å². The van der Waals surface area contributed by atoms with E-state index in [4.69, 9.17) is 0 Å². The molecule has 0 saturated heterocycles. The number of allylic oxidation sites excluding steroid dienone is 3. The molecule has 0 aromatic rings. The van der Waals surface area contributed by atoms with Crippen LogP contribution in [0.4, 0.5) is 0 Å². The summed E-state index contributed by atoms with van der Waals surface area (Å²) >= 11 is 0. The van der Waals surface area contributed by atoms with E-state index in [0.29, 0.717) is 0 Å². The Labute approximate surface area is 115 Å². The van der Waals surface area contributed by atoms with Gasteiger partial charge in [-0.25, -0.2) is 0 Å². The second kappa shape index (κ2) is 14.0. The monoisotopic (exact) mass is 252 g/mol. The molecule has 0 aromatic heterocycles. The Hall–Kier alpha value is -1.02. The fraction of sp³-hybridized carbons (Fsp3) is 0.625. The van der Waals surface area contributed by atoms with Crippen LogP contribution in [-0.2, 0) is 0 Å². The highest BCUT2D eigenvalue weighted by Crippen LogP contribution is 2.05. The maximum absolute atomic E-state index is 3.84. The first-order chi connectivity index (χ1) is 8.73. The molecule has 0 amide bonds. The average Bonchev–Trinajstić information content (AvgIpc) is 2.44. The normalized spacial score (nSPS) is 10.7. The van der Waals surface area contributed by atoms with E-state index in [1.807, 2.05) is 32.1 Å². The largest absolute Gasteiger partial charge is 0.371 e. The van der Waals surface area contributed by atoms with Gasteiger partial charge in [0.2, 0.25) is 0 Å². The molecule has 0 N–H and O–H groups in total. The van der Waals surface area contributed by atoms with Gasteiger partial charge in [-0.2, -0.15) is 0 Å². The quantitative estimate of drug-likeness (QED) is 0.574. The number of likely N-dealkylation sites (N-methyl/N-ethyl adjacent to an activating group) is 2. The fourth-order valence-corrected chi connectivity index (χ4v) is 1.70. The summed E-state index contributed by atoms with van der Waals surface area (Å²) in [5, 5.41) is 0. The molecule has 0 spiro atoms. The van der Waals surface area contributed by atoms with E-state index < -0.39 is 0 Å². The van der Waals surface area contributed by atoms with E-state index in [9.17, 15) is 0 Å². The highest BCUT2D eigenvalue weighted by molar-refractivity contribution is 5.19. The molecule has 2 heteroatoms. The van der Waals surface area contributed by atoms with Crippen molar-refractivity contribution in [3.8, 4) is 0 Å². The van der Waals surface area contributed by atoms with E-state index in [-0.39, 0.29) is 0 Å². The molecule has 106 valence electrons. The zero-order valence-electron chi connectivity index (χ0n) is 13.1. The van der Waals surface area contributed by atoms with Crippen LogP contribution in [0.25, 0.3) is 0 Å². The Bertz CT molecular complexity index is 227. The van der Waals surface area contributed by atoms with Gasteiger partial charge in [0.25, 0.3) is 0 Å². The number of rotatable bonds is 9. The first kappa shape index (κ1) is 19.3. The first-order valence-corrected chi connectivity index (χ1v) is 7.15. The van der Waals surface area contributed by atoms with Crippen molar-refractivity contribution in [3.63, 3.8) is 0 Å². The lowest BCUT2D eigenvalue weighted by molar-refractivity contribution is 0.254. The van der Waals surface area contributed by atoms with E-state index in [1.165, 1.54) is 0 Å². The fourth-order valence-electron chi connectivity index (χ4n) is 1.70. The van der Waals surface area contributed by atoms with Crippen molar-refractivity contribution in [1.29, 1.82) is 0 Å². The standard InChI is InChI=1S/C14H26N2.C2H6/c1-6-11-14(7-2)16(10-5)13-12-15(8-3)9-4;1-2/h6-7,11H,1-2,8-10,12-13H2,3-5H3;1-2H3/b14-11+;. The smallest absolute Gasteiger partial charge is 0.0360 e. The summed E-state index contributed by atoms with van der Waals surface area (Å²) in [7, 11) is 0. The Morgan fingerprint density at radius 1 is 0.944 bits per heavy atom. The lowest BCUT2D eigenvalue weighted by Gasteiger charge is -2.27. The summed E-state index contributed by atoms with van der Waals surface area (Å²) in [6.45, 7) is 23.5. The lowest BCUT2D eigenvalue weighted by Crippen LogP contribution is -2.34. The number of hydrogen-bond acceptors (Lipinski definition) is 2. The van der Waals surface area contributed by atoms with Crippen LogP contribution in [0.15, 0.2) is 37.1 Å². The van der Waals surface area contributed by atoms with Crippen LogP contribution in [-0.4, -0.2) is 42.5 Å². The second-order valence-electron chi connectivity index (χ2n) is 3.64. The van der Waals surface area contributed by atoms with Crippen molar-refractivity contribution in [3.05, 3.63) is 37.1 Å². The molecule has 0 rings (SSSR count). The summed E-state index contributed by atoms with van der Waals surface area (Å²) in [5.41, 5.74) is 1.16. The maximum Gasteiger partial charge on any atom is 0.0360 e. The minimum absolute atomic E-state index is 1.01. The summed E-state index contributed by atoms with van der Waals surface area (Å²) in [5.74, 6) is 0. The predicted molar refractivity (Wildman–Crippen MR) is 84.9 cm³/mol. The molecule has 0 aliphatic rings. The van der Waals surface area contributed by atoms with Crippen LogP contribution in [0.5, 0.6) is 0 Å². The molecule has 18 heavy (non-hydrogen) atoms. The summed E-state index contributed by atoms with van der Waals surface area (Å²) in [4.78, 5) is 4.75. The lowest BCUT2D eigenvalue weighted by atomic mass is 10.3. The molecule has 0 bridgehead atoms. The van der Waals surface area contributed by atoms with Gasteiger partial charge in [-0.05, 0) is 32.2 Å². The molecular weight excluding hydrogens is 220 g/mol. The molecule has 0 aliphatic carbocycles. The Kier molecular flexibility index (Phi) is 15.1. The molecule has 0 aliphatic heterocycles. The molecule has 0 aromatic carbocycles. The minimum atomic E-state index is 1.01. The minimum Gasteiger partial charge on any atom is -0.371 e. The van der Waals surface area contributed by atoms with Gasteiger partial charge >= 0.3 is 0 Å². The van der Waals surface area contributed by atoms with E-state index >= 15 is 0 Å². The van der Waals surface area contributed by atoms with Crippen LogP contribution < -0.4 is 0 Å². The maximum atomic E-state index is 3.84. The SMILES string of the molecule is C=C/C=C(\C=C)N(CC)CCN(CC)CC.CC. The Morgan fingerprint density at radius 2 is 1.50 bits per heavy atom. The van der Waals surface area contributed by atoms with Crippen molar-refractivity contribution in [2.75, 3.05) is 32.7 Å². The van der Waals surface area contributed by atoms with Crippen LogP contribution in [0, 0.1) is 0 Å². The average molecular weight is 252 g/mol. The van der Waals surface area contributed by atoms with Gasteiger partial charge in [-0.15, -0.1) is 0 Å². The van der Waals surface area contributed by atoms with Crippen LogP contribution >= 0.6 is 0 Å². The van der Waals surface area contributed by atoms with Crippen molar-refractivity contribution < 1.29 is 0 Å². The zero-order valence-corrected chi connectivity index (χ0v) is 13.1. The van der Waals surface area contributed by atoms with Crippen molar-refractivity contribution in [2.24, 2.45) is 0 Å². The molecule has 0 unspecified atom stereocenters. The zero-order chi connectivity index (χ0) is 14.4. The van der Waals surface area contributed by atoms with Crippen molar-refractivity contribution >= 4 is 0 Å². The number of nitrogens with zero attached hydrogens (tertiary/aromatic N) is 2. The van der Waals surface area contributed by atoms with Gasteiger partial charge in [0.1, 0.15) is 0 Å². The molecule has 0 fully saturated rings. The Balaban J connectivity index is 0. The van der Waals surface area contributed by atoms with Gasteiger partial charge in [-0.3, -0.25) is 0 Å². The molecule has 0 radical (unpaired) electrons. The number of hydrogen-bond donors (Lipinski definition) is 0.